The molecule has 0 aliphatic rings. The summed E-state index contributed by atoms with van der Waals surface area (Å²) in [5.74, 6) is 0.485. The highest BCUT2D eigenvalue weighted by Gasteiger charge is 2.29. The standard InChI is InChI=1S/C13H21N5/c1-5-13(3,18-12(14)6-7-15-4)10(2)11-8-16-17-9-11/h5-10,15H,1H2,2-4H3,(H2,14,18)(H,16,17)/b7-6-/t10-,13?/m0/s1. The molecule has 1 rings (SSSR count). The van der Waals surface area contributed by atoms with Crippen LogP contribution in [0.15, 0.2) is 37.3 Å². The third kappa shape index (κ3) is 3.23. The van der Waals surface area contributed by atoms with Crippen LogP contribution in [0.1, 0.15) is 25.3 Å². The minimum absolute atomic E-state index is 0.150. The normalized spacial score (nSPS) is 15.9. The Hall–Kier alpha value is -2.04. The smallest absolute Gasteiger partial charge is 0.120 e. The lowest BCUT2D eigenvalue weighted by molar-refractivity contribution is 0.439. The summed E-state index contributed by atoms with van der Waals surface area (Å²) in [7, 11) is 1.80. The van der Waals surface area contributed by atoms with E-state index in [1.807, 2.05) is 19.2 Å². The fraction of sp³-hybridized carbons (Fsp3) is 0.385. The second-order valence-corrected chi connectivity index (χ2v) is 4.40. The Balaban J connectivity index is 2.82. The Kier molecular flexibility index (Phi) is 4.71. The zero-order valence-electron chi connectivity index (χ0n) is 11.1. The third-order valence-corrected chi connectivity index (χ3v) is 3.16. The molecule has 0 aliphatic carbocycles. The molecule has 1 heterocycles. The van der Waals surface area contributed by atoms with Gasteiger partial charge in [-0.2, -0.15) is 5.10 Å². The van der Waals surface area contributed by atoms with E-state index in [1.54, 1.807) is 25.5 Å². The number of amidine groups is 1. The molecule has 1 aromatic heterocycles. The minimum atomic E-state index is -0.404. The van der Waals surface area contributed by atoms with E-state index in [0.29, 0.717) is 5.84 Å². The maximum absolute atomic E-state index is 7.86. The van der Waals surface area contributed by atoms with Crippen LogP contribution in [0.25, 0.3) is 0 Å². The molecule has 0 aromatic carbocycles. The first-order valence-corrected chi connectivity index (χ1v) is 5.86. The van der Waals surface area contributed by atoms with Crippen LogP contribution in [0.4, 0.5) is 0 Å². The van der Waals surface area contributed by atoms with E-state index in [0.717, 1.165) is 5.56 Å². The Morgan fingerprint density at radius 1 is 1.67 bits per heavy atom. The Labute approximate surface area is 108 Å². The summed E-state index contributed by atoms with van der Waals surface area (Å²) in [6.45, 7) is 7.96. The average Bonchev–Trinajstić information content (AvgIpc) is 2.88. The van der Waals surface area contributed by atoms with Gasteiger partial charge in [0, 0.05) is 19.2 Å². The molecule has 0 amide bonds. The summed E-state index contributed by atoms with van der Waals surface area (Å²) in [5, 5.41) is 20.6. The number of rotatable bonds is 6. The van der Waals surface area contributed by atoms with Crippen molar-refractivity contribution < 1.29 is 0 Å². The monoisotopic (exact) mass is 247 g/mol. The summed E-state index contributed by atoms with van der Waals surface area (Å²) >= 11 is 0. The number of H-pyrrole nitrogens is 1. The van der Waals surface area contributed by atoms with E-state index >= 15 is 0 Å². The highest BCUT2D eigenvalue weighted by Crippen LogP contribution is 2.28. The van der Waals surface area contributed by atoms with Crippen LogP contribution in [0.3, 0.4) is 0 Å². The van der Waals surface area contributed by atoms with Gasteiger partial charge in [-0.3, -0.25) is 10.5 Å². The average molecular weight is 247 g/mol. The van der Waals surface area contributed by atoms with Crippen molar-refractivity contribution in [3.05, 3.63) is 42.9 Å². The quantitative estimate of drug-likeness (QED) is 0.351. The molecule has 0 saturated heterocycles. The lowest BCUT2D eigenvalue weighted by atomic mass is 9.83. The number of hydrogen-bond donors (Lipinski definition) is 4. The molecule has 0 radical (unpaired) electrons. The highest BCUT2D eigenvalue weighted by molar-refractivity contribution is 5.90. The Morgan fingerprint density at radius 3 is 2.89 bits per heavy atom. The van der Waals surface area contributed by atoms with Crippen LogP contribution in [0.2, 0.25) is 0 Å². The van der Waals surface area contributed by atoms with Gasteiger partial charge in [-0.1, -0.05) is 13.0 Å². The third-order valence-electron chi connectivity index (χ3n) is 3.16. The number of hydrogen-bond acceptors (Lipinski definition) is 3. The molecule has 0 fully saturated rings. The largest absolute Gasteiger partial charge is 0.394 e. The van der Waals surface area contributed by atoms with Crippen molar-refractivity contribution in [3.8, 4) is 0 Å². The van der Waals surface area contributed by atoms with E-state index < -0.39 is 5.54 Å². The van der Waals surface area contributed by atoms with Crippen molar-refractivity contribution in [2.24, 2.45) is 0 Å². The van der Waals surface area contributed by atoms with Crippen LogP contribution < -0.4 is 10.6 Å². The molecule has 0 bridgehead atoms. The molecule has 0 spiro atoms. The molecule has 0 aliphatic heterocycles. The van der Waals surface area contributed by atoms with E-state index in [2.05, 4.69) is 34.3 Å². The molecule has 98 valence electrons. The van der Waals surface area contributed by atoms with Crippen molar-refractivity contribution >= 4 is 5.84 Å². The van der Waals surface area contributed by atoms with E-state index in [4.69, 9.17) is 5.41 Å². The summed E-state index contributed by atoms with van der Waals surface area (Å²) in [6.07, 6.45) is 8.86. The van der Waals surface area contributed by atoms with Gasteiger partial charge < -0.3 is 10.6 Å². The lowest BCUT2D eigenvalue weighted by Gasteiger charge is -2.33. The first-order valence-electron chi connectivity index (χ1n) is 5.86. The van der Waals surface area contributed by atoms with Crippen LogP contribution in [-0.4, -0.2) is 28.6 Å². The number of nitrogens with one attached hydrogen (secondary N) is 4. The Morgan fingerprint density at radius 2 is 2.39 bits per heavy atom. The van der Waals surface area contributed by atoms with Gasteiger partial charge in [-0.25, -0.2) is 0 Å². The predicted molar refractivity (Wildman–Crippen MR) is 74.7 cm³/mol. The molecular formula is C13H21N5. The van der Waals surface area contributed by atoms with Crippen molar-refractivity contribution in [3.63, 3.8) is 0 Å². The van der Waals surface area contributed by atoms with Gasteiger partial charge in [-0.15, -0.1) is 6.58 Å². The number of aromatic amines is 1. The molecule has 5 heteroatoms. The molecule has 1 unspecified atom stereocenters. The maximum atomic E-state index is 7.86. The second-order valence-electron chi connectivity index (χ2n) is 4.40. The van der Waals surface area contributed by atoms with Gasteiger partial charge in [0.25, 0.3) is 0 Å². The predicted octanol–water partition coefficient (Wildman–Crippen LogP) is 1.76. The SMILES string of the molecule is C=CC(C)(NC(=N)/C=C\NC)[C@@H](C)c1cn[nH]c1. The van der Waals surface area contributed by atoms with Crippen LogP contribution in [0.5, 0.6) is 0 Å². The minimum Gasteiger partial charge on any atom is -0.394 e. The first-order chi connectivity index (χ1) is 8.53. The Bertz CT molecular complexity index is 421. The highest BCUT2D eigenvalue weighted by atomic mass is 15.1. The van der Waals surface area contributed by atoms with Gasteiger partial charge in [0.05, 0.1) is 11.7 Å². The van der Waals surface area contributed by atoms with E-state index in [1.165, 1.54) is 0 Å². The van der Waals surface area contributed by atoms with Crippen molar-refractivity contribution in [1.29, 1.82) is 5.41 Å². The summed E-state index contributed by atoms with van der Waals surface area (Å²) in [4.78, 5) is 0. The van der Waals surface area contributed by atoms with Crippen LogP contribution >= 0.6 is 0 Å². The number of nitrogens with zero attached hydrogens (tertiary/aromatic N) is 1. The number of aromatic nitrogens is 2. The van der Waals surface area contributed by atoms with Crippen LogP contribution in [-0.2, 0) is 0 Å². The molecule has 4 N–H and O–H groups in total. The topological polar surface area (TPSA) is 76.6 Å². The fourth-order valence-electron chi connectivity index (χ4n) is 1.68. The summed E-state index contributed by atoms with van der Waals surface area (Å²) in [6, 6.07) is 0. The van der Waals surface area contributed by atoms with Gasteiger partial charge in [0.15, 0.2) is 0 Å². The van der Waals surface area contributed by atoms with E-state index in [9.17, 15) is 0 Å². The molecule has 5 nitrogen and oxygen atoms in total. The first kappa shape index (κ1) is 14.0. The lowest BCUT2D eigenvalue weighted by Crippen LogP contribution is -2.47. The summed E-state index contributed by atoms with van der Waals surface area (Å²) in [5.41, 5.74) is 0.675. The van der Waals surface area contributed by atoms with Crippen LogP contribution in [0, 0.1) is 5.41 Å². The van der Waals surface area contributed by atoms with Gasteiger partial charge >= 0.3 is 0 Å². The maximum Gasteiger partial charge on any atom is 0.120 e. The van der Waals surface area contributed by atoms with E-state index in [-0.39, 0.29) is 5.92 Å². The van der Waals surface area contributed by atoms with Crippen molar-refractivity contribution in [2.75, 3.05) is 7.05 Å². The van der Waals surface area contributed by atoms with Gasteiger partial charge in [0.1, 0.15) is 5.84 Å². The summed E-state index contributed by atoms with van der Waals surface area (Å²) < 4.78 is 0. The zero-order chi connectivity index (χ0) is 13.6. The van der Waals surface area contributed by atoms with Gasteiger partial charge in [0.2, 0.25) is 0 Å². The molecular weight excluding hydrogens is 226 g/mol. The molecule has 2 atom stereocenters. The van der Waals surface area contributed by atoms with Crippen molar-refractivity contribution in [2.45, 2.75) is 25.3 Å². The fourth-order valence-corrected chi connectivity index (χ4v) is 1.68. The van der Waals surface area contributed by atoms with Crippen molar-refractivity contribution in [1.82, 2.24) is 20.8 Å². The second kappa shape index (κ2) is 6.05. The zero-order valence-corrected chi connectivity index (χ0v) is 11.1. The molecule has 0 saturated carbocycles. The van der Waals surface area contributed by atoms with Gasteiger partial charge in [-0.05, 0) is 24.8 Å². The molecule has 18 heavy (non-hydrogen) atoms. The molecule has 1 aromatic rings.